The summed E-state index contributed by atoms with van der Waals surface area (Å²) in [5.41, 5.74) is 0. The van der Waals surface area contributed by atoms with Crippen LogP contribution in [0.25, 0.3) is 0 Å². The van der Waals surface area contributed by atoms with Crippen LogP contribution >= 0.6 is 0 Å². The summed E-state index contributed by atoms with van der Waals surface area (Å²) >= 11 is 0. The van der Waals surface area contributed by atoms with Crippen LogP contribution < -0.4 is 5.32 Å². The molecule has 0 amide bonds. The molecule has 1 unspecified atom stereocenters. The third-order valence-electron chi connectivity index (χ3n) is 2.83. The quantitative estimate of drug-likeness (QED) is 0.598. The monoisotopic (exact) mass is 196 g/mol. The van der Waals surface area contributed by atoms with Crippen molar-refractivity contribution in [1.29, 1.82) is 0 Å². The fourth-order valence-corrected chi connectivity index (χ4v) is 1.84. The minimum atomic E-state index is 0.645. The second-order valence-corrected chi connectivity index (χ2v) is 4.26. The highest BCUT2D eigenvalue weighted by Gasteiger charge is 2.27. The molecule has 0 saturated heterocycles. The van der Waals surface area contributed by atoms with Gasteiger partial charge in [-0.25, -0.2) is 0 Å². The lowest BCUT2D eigenvalue weighted by atomic mass is 10.2. The molecule has 0 aromatic rings. The van der Waals surface area contributed by atoms with Crippen molar-refractivity contribution in [3.05, 3.63) is 12.7 Å². The third kappa shape index (κ3) is 4.25. The Kier molecular flexibility index (Phi) is 5.20. The van der Waals surface area contributed by atoms with E-state index >= 15 is 0 Å². The van der Waals surface area contributed by atoms with Crippen molar-refractivity contribution in [2.45, 2.75) is 45.2 Å². The molecule has 0 radical (unpaired) electrons. The average molecular weight is 196 g/mol. The molecule has 1 atom stereocenters. The fraction of sp³-hybridized carbons (Fsp3) is 0.833. The predicted octanol–water partition coefficient (Wildman–Crippen LogP) is 2.02. The first-order valence-corrected chi connectivity index (χ1v) is 5.86. The molecule has 2 heteroatoms. The van der Waals surface area contributed by atoms with Crippen molar-refractivity contribution in [3.8, 4) is 0 Å². The maximum Gasteiger partial charge on any atom is 0.0163 e. The lowest BCUT2D eigenvalue weighted by Crippen LogP contribution is -2.33. The Balaban J connectivity index is 2.15. The van der Waals surface area contributed by atoms with E-state index in [2.05, 4.69) is 30.6 Å². The van der Waals surface area contributed by atoms with E-state index in [1.54, 1.807) is 0 Å². The molecule has 1 aliphatic carbocycles. The van der Waals surface area contributed by atoms with Gasteiger partial charge in [-0.05, 0) is 32.7 Å². The molecule has 0 aromatic heterocycles. The number of hydrogen-bond acceptors (Lipinski definition) is 2. The Hall–Kier alpha value is -0.340. The van der Waals surface area contributed by atoms with E-state index in [1.807, 2.05) is 6.08 Å². The smallest absolute Gasteiger partial charge is 0.0163 e. The van der Waals surface area contributed by atoms with Crippen molar-refractivity contribution in [2.75, 3.05) is 19.6 Å². The van der Waals surface area contributed by atoms with E-state index < -0.39 is 0 Å². The highest BCUT2D eigenvalue weighted by molar-refractivity contribution is 4.88. The molecular weight excluding hydrogens is 172 g/mol. The van der Waals surface area contributed by atoms with Crippen LogP contribution in [0, 0.1) is 0 Å². The summed E-state index contributed by atoms with van der Waals surface area (Å²) in [6.45, 7) is 11.6. The maximum absolute atomic E-state index is 3.82. The first-order chi connectivity index (χ1) is 6.77. The SMILES string of the molecule is C=CCN(CCC(C)NCC)C1CC1. The second-order valence-electron chi connectivity index (χ2n) is 4.26. The van der Waals surface area contributed by atoms with Gasteiger partial charge >= 0.3 is 0 Å². The molecule has 0 bridgehead atoms. The Bertz CT molecular complexity index is 164. The van der Waals surface area contributed by atoms with Gasteiger partial charge in [-0.15, -0.1) is 6.58 Å². The van der Waals surface area contributed by atoms with Gasteiger partial charge in [0, 0.05) is 25.2 Å². The minimum absolute atomic E-state index is 0.645. The highest BCUT2D eigenvalue weighted by Crippen LogP contribution is 2.26. The molecule has 1 fully saturated rings. The lowest BCUT2D eigenvalue weighted by Gasteiger charge is -2.22. The van der Waals surface area contributed by atoms with E-state index in [-0.39, 0.29) is 0 Å². The zero-order valence-corrected chi connectivity index (χ0v) is 9.63. The van der Waals surface area contributed by atoms with Gasteiger partial charge in [0.2, 0.25) is 0 Å². The van der Waals surface area contributed by atoms with Gasteiger partial charge in [-0.1, -0.05) is 13.0 Å². The van der Waals surface area contributed by atoms with Crippen LogP contribution in [0.15, 0.2) is 12.7 Å². The molecule has 1 N–H and O–H groups in total. The van der Waals surface area contributed by atoms with Gasteiger partial charge in [0.25, 0.3) is 0 Å². The summed E-state index contributed by atoms with van der Waals surface area (Å²) < 4.78 is 0. The van der Waals surface area contributed by atoms with Crippen LogP contribution in [0.2, 0.25) is 0 Å². The molecule has 82 valence electrons. The second kappa shape index (κ2) is 6.20. The summed E-state index contributed by atoms with van der Waals surface area (Å²) in [4.78, 5) is 2.56. The zero-order valence-electron chi connectivity index (χ0n) is 9.63. The number of nitrogens with zero attached hydrogens (tertiary/aromatic N) is 1. The Morgan fingerprint density at radius 1 is 1.57 bits per heavy atom. The summed E-state index contributed by atoms with van der Waals surface area (Å²) in [5.74, 6) is 0. The molecule has 0 aromatic carbocycles. The first-order valence-electron chi connectivity index (χ1n) is 5.86. The normalized spacial score (nSPS) is 18.5. The average Bonchev–Trinajstić information content (AvgIpc) is 2.96. The molecule has 0 heterocycles. The fourth-order valence-electron chi connectivity index (χ4n) is 1.84. The van der Waals surface area contributed by atoms with Crippen molar-refractivity contribution in [3.63, 3.8) is 0 Å². The summed E-state index contributed by atoms with van der Waals surface area (Å²) in [6, 6.07) is 1.51. The summed E-state index contributed by atoms with van der Waals surface area (Å²) in [5, 5.41) is 3.45. The number of hydrogen-bond donors (Lipinski definition) is 1. The molecule has 2 nitrogen and oxygen atoms in total. The topological polar surface area (TPSA) is 15.3 Å². The van der Waals surface area contributed by atoms with Crippen molar-refractivity contribution < 1.29 is 0 Å². The van der Waals surface area contributed by atoms with Gasteiger partial charge < -0.3 is 5.32 Å². The van der Waals surface area contributed by atoms with E-state index in [4.69, 9.17) is 0 Å². The molecule has 1 aliphatic rings. The van der Waals surface area contributed by atoms with Gasteiger partial charge in [0.05, 0.1) is 0 Å². The van der Waals surface area contributed by atoms with Crippen molar-refractivity contribution in [2.24, 2.45) is 0 Å². The Labute approximate surface area is 88.4 Å². The minimum Gasteiger partial charge on any atom is -0.314 e. The van der Waals surface area contributed by atoms with Crippen LogP contribution in [0.1, 0.15) is 33.1 Å². The molecule has 1 rings (SSSR count). The molecule has 14 heavy (non-hydrogen) atoms. The van der Waals surface area contributed by atoms with E-state index in [0.29, 0.717) is 6.04 Å². The molecular formula is C12H24N2. The molecule has 0 aliphatic heterocycles. The van der Waals surface area contributed by atoms with E-state index in [0.717, 1.165) is 19.1 Å². The Morgan fingerprint density at radius 3 is 2.79 bits per heavy atom. The Morgan fingerprint density at radius 2 is 2.29 bits per heavy atom. The maximum atomic E-state index is 3.82. The van der Waals surface area contributed by atoms with Crippen LogP contribution in [0.3, 0.4) is 0 Å². The highest BCUT2D eigenvalue weighted by atomic mass is 15.2. The van der Waals surface area contributed by atoms with Crippen LogP contribution in [-0.4, -0.2) is 36.6 Å². The first kappa shape index (κ1) is 11.7. The standard InChI is InChI=1S/C12H24N2/c1-4-9-14(12-6-7-12)10-8-11(3)13-5-2/h4,11-13H,1,5-10H2,2-3H3. The van der Waals surface area contributed by atoms with Gasteiger partial charge in [-0.2, -0.15) is 0 Å². The van der Waals surface area contributed by atoms with Crippen LogP contribution in [0.5, 0.6) is 0 Å². The van der Waals surface area contributed by atoms with Crippen LogP contribution in [0.4, 0.5) is 0 Å². The van der Waals surface area contributed by atoms with Crippen molar-refractivity contribution in [1.82, 2.24) is 10.2 Å². The van der Waals surface area contributed by atoms with E-state index in [1.165, 1.54) is 25.8 Å². The summed E-state index contributed by atoms with van der Waals surface area (Å²) in [7, 11) is 0. The van der Waals surface area contributed by atoms with Gasteiger partial charge in [-0.3, -0.25) is 4.90 Å². The number of rotatable bonds is 8. The molecule has 1 saturated carbocycles. The largest absolute Gasteiger partial charge is 0.314 e. The molecule has 0 spiro atoms. The predicted molar refractivity (Wildman–Crippen MR) is 62.5 cm³/mol. The zero-order chi connectivity index (χ0) is 10.4. The van der Waals surface area contributed by atoms with Gasteiger partial charge in [0.1, 0.15) is 0 Å². The van der Waals surface area contributed by atoms with Crippen LogP contribution in [-0.2, 0) is 0 Å². The number of nitrogens with one attached hydrogen (secondary N) is 1. The van der Waals surface area contributed by atoms with Crippen molar-refractivity contribution >= 4 is 0 Å². The van der Waals surface area contributed by atoms with Gasteiger partial charge in [0.15, 0.2) is 0 Å². The van der Waals surface area contributed by atoms with E-state index in [9.17, 15) is 0 Å². The summed E-state index contributed by atoms with van der Waals surface area (Å²) in [6.07, 6.45) is 6.06. The third-order valence-corrected chi connectivity index (χ3v) is 2.83. The lowest BCUT2D eigenvalue weighted by molar-refractivity contribution is 0.275.